The summed E-state index contributed by atoms with van der Waals surface area (Å²) in [5.74, 6) is 1.33. The lowest BCUT2D eigenvalue weighted by Crippen LogP contribution is -1.90. The lowest BCUT2D eigenvalue weighted by Gasteiger charge is -2.07. The first-order valence-corrected chi connectivity index (χ1v) is 8.33. The minimum atomic E-state index is 0.480. The van der Waals surface area contributed by atoms with Crippen molar-refractivity contribution in [3.8, 4) is 28.8 Å². The summed E-state index contributed by atoms with van der Waals surface area (Å²) < 4.78 is 10.6. The third-order valence-corrected chi connectivity index (χ3v) is 4.45. The largest absolute Gasteiger partial charge is 0.497 e. The van der Waals surface area contributed by atoms with E-state index in [0.29, 0.717) is 22.1 Å². The molecular weight excluding hydrogens is 334 g/mol. The molecule has 0 atom stereocenters. The molecule has 3 rings (SSSR count). The van der Waals surface area contributed by atoms with Gasteiger partial charge >= 0.3 is 0 Å². The first-order valence-electron chi connectivity index (χ1n) is 7.45. The highest BCUT2D eigenvalue weighted by Gasteiger charge is 2.11. The van der Waals surface area contributed by atoms with Crippen LogP contribution in [0.1, 0.15) is 10.6 Å². The highest BCUT2D eigenvalue weighted by molar-refractivity contribution is 7.11. The molecule has 3 aromatic rings. The van der Waals surface area contributed by atoms with Crippen LogP contribution < -0.4 is 9.47 Å². The van der Waals surface area contributed by atoms with Gasteiger partial charge in [0.25, 0.3) is 0 Å². The predicted molar refractivity (Wildman–Crippen MR) is 98.4 cm³/mol. The van der Waals surface area contributed by atoms with Gasteiger partial charge in [0.05, 0.1) is 25.5 Å². The van der Waals surface area contributed by atoms with E-state index in [2.05, 4.69) is 16.0 Å². The number of thiazole rings is 1. The Morgan fingerprint density at radius 2 is 1.96 bits per heavy atom. The van der Waals surface area contributed by atoms with Crippen molar-refractivity contribution in [2.75, 3.05) is 14.2 Å². The fraction of sp³-hybridized carbons (Fsp3) is 0.105. The Bertz CT molecular complexity index is 943. The molecule has 25 heavy (non-hydrogen) atoms. The van der Waals surface area contributed by atoms with Crippen LogP contribution in [0.3, 0.4) is 0 Å². The third-order valence-electron chi connectivity index (χ3n) is 3.57. The Kier molecular flexibility index (Phi) is 5.07. The van der Waals surface area contributed by atoms with Gasteiger partial charge in [-0.15, -0.1) is 11.3 Å². The van der Waals surface area contributed by atoms with Gasteiger partial charge in [-0.25, -0.2) is 4.98 Å². The first-order chi connectivity index (χ1) is 12.2. The summed E-state index contributed by atoms with van der Waals surface area (Å²) in [5, 5.41) is 12.1. The number of rotatable bonds is 5. The zero-order valence-electron chi connectivity index (χ0n) is 13.8. The maximum atomic E-state index is 9.56. The van der Waals surface area contributed by atoms with Crippen LogP contribution in [0.4, 0.5) is 0 Å². The molecule has 1 aromatic carbocycles. The Hall–Kier alpha value is -3.17. The van der Waals surface area contributed by atoms with Crippen LogP contribution in [0.5, 0.6) is 11.5 Å². The molecule has 0 spiro atoms. The van der Waals surface area contributed by atoms with Crippen molar-refractivity contribution in [1.29, 1.82) is 5.26 Å². The second-order valence-electron chi connectivity index (χ2n) is 5.05. The van der Waals surface area contributed by atoms with Crippen molar-refractivity contribution in [3.05, 3.63) is 58.7 Å². The van der Waals surface area contributed by atoms with Gasteiger partial charge in [-0.1, -0.05) is 0 Å². The molecule has 0 amide bonds. The number of benzene rings is 1. The van der Waals surface area contributed by atoms with Crippen molar-refractivity contribution < 1.29 is 9.47 Å². The minimum Gasteiger partial charge on any atom is -0.497 e. The van der Waals surface area contributed by atoms with Crippen molar-refractivity contribution in [3.63, 3.8) is 0 Å². The molecule has 0 aliphatic heterocycles. The van der Waals surface area contributed by atoms with Gasteiger partial charge in [-0.2, -0.15) is 5.26 Å². The number of hydrogen-bond acceptors (Lipinski definition) is 6. The highest BCUT2D eigenvalue weighted by atomic mass is 32.1. The van der Waals surface area contributed by atoms with E-state index in [9.17, 15) is 5.26 Å². The van der Waals surface area contributed by atoms with Crippen LogP contribution in [0.2, 0.25) is 0 Å². The molecule has 0 aliphatic rings. The standard InChI is InChI=1S/C19H15N3O2S/c1-23-16-4-3-14(18(10-16)24-2)9-15(11-20)19-22-17(12-25-19)13-5-7-21-8-6-13/h3-10,12H,1-2H3/b15-9-. The average Bonchev–Trinajstić information content (AvgIpc) is 3.16. The summed E-state index contributed by atoms with van der Waals surface area (Å²) in [5.41, 5.74) is 3.07. The summed E-state index contributed by atoms with van der Waals surface area (Å²) in [6, 6.07) is 11.5. The van der Waals surface area contributed by atoms with Gasteiger partial charge in [0.2, 0.25) is 0 Å². The monoisotopic (exact) mass is 349 g/mol. The van der Waals surface area contributed by atoms with E-state index in [1.54, 1.807) is 38.8 Å². The molecule has 124 valence electrons. The van der Waals surface area contributed by atoms with E-state index in [1.807, 2.05) is 29.6 Å². The van der Waals surface area contributed by atoms with Crippen LogP contribution in [0.15, 0.2) is 48.1 Å². The van der Waals surface area contributed by atoms with E-state index < -0.39 is 0 Å². The number of ether oxygens (including phenoxy) is 2. The zero-order valence-corrected chi connectivity index (χ0v) is 14.6. The Labute approximate surface area is 149 Å². The molecular formula is C19H15N3O2S. The molecule has 0 bridgehead atoms. The van der Waals surface area contributed by atoms with Crippen molar-refractivity contribution in [2.24, 2.45) is 0 Å². The topological polar surface area (TPSA) is 68.0 Å². The van der Waals surface area contributed by atoms with E-state index in [4.69, 9.17) is 9.47 Å². The summed E-state index contributed by atoms with van der Waals surface area (Å²) in [6.45, 7) is 0. The maximum absolute atomic E-state index is 9.56. The quantitative estimate of drug-likeness (QED) is 0.643. The second-order valence-corrected chi connectivity index (χ2v) is 5.91. The minimum absolute atomic E-state index is 0.480. The van der Waals surface area contributed by atoms with E-state index in [0.717, 1.165) is 16.8 Å². The fourth-order valence-electron chi connectivity index (χ4n) is 2.29. The molecule has 0 unspecified atom stereocenters. The molecule has 5 nitrogen and oxygen atoms in total. The Morgan fingerprint density at radius 3 is 2.64 bits per heavy atom. The zero-order chi connectivity index (χ0) is 17.6. The van der Waals surface area contributed by atoms with Gasteiger partial charge in [-0.3, -0.25) is 4.98 Å². The molecule has 0 aliphatic carbocycles. The number of allylic oxidation sites excluding steroid dienone is 1. The summed E-state index contributed by atoms with van der Waals surface area (Å²) in [6.07, 6.45) is 5.21. The molecule has 0 saturated heterocycles. The Morgan fingerprint density at radius 1 is 1.16 bits per heavy atom. The van der Waals surface area contributed by atoms with Crippen LogP contribution in [-0.2, 0) is 0 Å². The van der Waals surface area contributed by atoms with Gasteiger partial charge in [0.1, 0.15) is 22.6 Å². The van der Waals surface area contributed by atoms with Gasteiger partial charge in [0.15, 0.2) is 0 Å². The molecule has 6 heteroatoms. The number of methoxy groups -OCH3 is 2. The van der Waals surface area contributed by atoms with Crippen molar-refractivity contribution in [2.45, 2.75) is 0 Å². The van der Waals surface area contributed by atoms with E-state index >= 15 is 0 Å². The number of aromatic nitrogens is 2. The lowest BCUT2D eigenvalue weighted by molar-refractivity contribution is 0.394. The van der Waals surface area contributed by atoms with E-state index in [-0.39, 0.29) is 0 Å². The van der Waals surface area contributed by atoms with Crippen LogP contribution in [0.25, 0.3) is 22.9 Å². The average molecular weight is 349 g/mol. The van der Waals surface area contributed by atoms with Gasteiger partial charge < -0.3 is 9.47 Å². The third kappa shape index (κ3) is 3.67. The normalized spacial score (nSPS) is 11.0. The van der Waals surface area contributed by atoms with E-state index in [1.165, 1.54) is 11.3 Å². The van der Waals surface area contributed by atoms with Crippen LogP contribution in [0, 0.1) is 11.3 Å². The van der Waals surface area contributed by atoms with Crippen LogP contribution >= 0.6 is 11.3 Å². The fourth-order valence-corrected chi connectivity index (χ4v) is 3.08. The highest BCUT2D eigenvalue weighted by Crippen LogP contribution is 2.30. The predicted octanol–water partition coefficient (Wildman–Crippen LogP) is 4.29. The SMILES string of the molecule is COc1ccc(/C=C(/C#N)c2nc(-c3ccncc3)cs2)c(OC)c1. The molecule has 0 saturated carbocycles. The molecule has 0 N–H and O–H groups in total. The number of pyridine rings is 1. The summed E-state index contributed by atoms with van der Waals surface area (Å²) in [7, 11) is 3.18. The van der Waals surface area contributed by atoms with Crippen molar-refractivity contribution in [1.82, 2.24) is 9.97 Å². The second kappa shape index (κ2) is 7.60. The number of nitriles is 1. The van der Waals surface area contributed by atoms with Crippen molar-refractivity contribution >= 4 is 23.0 Å². The molecule has 0 fully saturated rings. The molecule has 2 aromatic heterocycles. The number of nitrogens with zero attached hydrogens (tertiary/aromatic N) is 3. The lowest BCUT2D eigenvalue weighted by atomic mass is 10.1. The summed E-state index contributed by atoms with van der Waals surface area (Å²) >= 11 is 1.43. The Balaban J connectivity index is 1.97. The van der Waals surface area contributed by atoms with Gasteiger partial charge in [-0.05, 0) is 30.3 Å². The maximum Gasteiger partial charge on any atom is 0.134 e. The number of hydrogen-bond donors (Lipinski definition) is 0. The first kappa shape index (κ1) is 16.7. The van der Waals surface area contributed by atoms with Crippen LogP contribution in [-0.4, -0.2) is 24.2 Å². The summed E-state index contributed by atoms with van der Waals surface area (Å²) in [4.78, 5) is 8.58. The van der Waals surface area contributed by atoms with Gasteiger partial charge in [0, 0.05) is 35.0 Å². The molecule has 0 radical (unpaired) electrons. The molecule has 2 heterocycles. The smallest absolute Gasteiger partial charge is 0.134 e.